The van der Waals surface area contributed by atoms with Gasteiger partial charge >= 0.3 is 0 Å². The van der Waals surface area contributed by atoms with E-state index in [4.69, 9.17) is 11.1 Å². The maximum Gasteiger partial charge on any atom is 0.233 e. The predicted octanol–water partition coefficient (Wildman–Crippen LogP) is 1.54. The average Bonchev–Trinajstić information content (AvgIpc) is 2.46. The Balaban J connectivity index is 2.25. The summed E-state index contributed by atoms with van der Waals surface area (Å²) in [5.41, 5.74) is 3.89. The molecule has 5 heteroatoms. The predicted molar refractivity (Wildman–Crippen MR) is 75.2 cm³/mol. The van der Waals surface area contributed by atoms with Crippen molar-refractivity contribution >= 4 is 11.6 Å². The first-order chi connectivity index (χ1) is 9.17. The first-order valence-corrected chi connectivity index (χ1v) is 6.38. The van der Waals surface area contributed by atoms with Crippen molar-refractivity contribution < 1.29 is 4.79 Å². The minimum atomic E-state index is -0.111. The van der Waals surface area contributed by atoms with Gasteiger partial charge in [0, 0.05) is 25.7 Å². The van der Waals surface area contributed by atoms with E-state index in [1.165, 1.54) is 0 Å². The summed E-state index contributed by atoms with van der Waals surface area (Å²) in [5, 5.41) is 8.73. The molecule has 3 N–H and O–H groups in total. The van der Waals surface area contributed by atoms with E-state index in [1.54, 1.807) is 0 Å². The molecule has 0 aliphatic carbocycles. The number of nitriles is 1. The summed E-state index contributed by atoms with van der Waals surface area (Å²) >= 11 is 0. The Kier molecular flexibility index (Phi) is 6.41. The highest BCUT2D eigenvalue weighted by molar-refractivity contribution is 5.75. The maximum absolute atomic E-state index is 10.9. The smallest absolute Gasteiger partial charge is 0.233 e. The zero-order valence-electron chi connectivity index (χ0n) is 11.2. The van der Waals surface area contributed by atoms with Crippen LogP contribution in [0.3, 0.4) is 0 Å². The van der Waals surface area contributed by atoms with E-state index in [9.17, 15) is 4.79 Å². The number of nitrogens with zero attached hydrogens (tertiary/aromatic N) is 2. The quantitative estimate of drug-likeness (QED) is 0.337. The van der Waals surface area contributed by atoms with Gasteiger partial charge in [-0.2, -0.15) is 5.26 Å². The number of carbonyl (C=O) groups excluding carboxylic acids is 1. The number of anilines is 1. The minimum Gasteiger partial charge on any atom is -0.375 e. The summed E-state index contributed by atoms with van der Waals surface area (Å²) in [4.78, 5) is 13.1. The monoisotopic (exact) mass is 260 g/mol. The van der Waals surface area contributed by atoms with E-state index in [2.05, 4.69) is 16.4 Å². The van der Waals surface area contributed by atoms with Gasteiger partial charge in [-0.1, -0.05) is 6.42 Å². The van der Waals surface area contributed by atoms with Gasteiger partial charge < -0.3 is 4.90 Å². The molecule has 0 saturated heterocycles. The topological polar surface area (TPSA) is 82.2 Å². The zero-order valence-corrected chi connectivity index (χ0v) is 11.2. The van der Waals surface area contributed by atoms with Crippen molar-refractivity contribution in [2.24, 2.45) is 5.84 Å². The third-order valence-corrected chi connectivity index (χ3v) is 3.00. The first-order valence-electron chi connectivity index (χ1n) is 6.38. The van der Waals surface area contributed by atoms with Crippen LogP contribution in [0.1, 0.15) is 31.2 Å². The number of hydrogen-bond acceptors (Lipinski definition) is 4. The Morgan fingerprint density at radius 3 is 2.58 bits per heavy atom. The van der Waals surface area contributed by atoms with Crippen LogP contribution < -0.4 is 16.2 Å². The van der Waals surface area contributed by atoms with E-state index < -0.39 is 0 Å². The molecule has 0 fully saturated rings. The molecule has 0 saturated carbocycles. The molecule has 0 radical (unpaired) electrons. The van der Waals surface area contributed by atoms with Crippen molar-refractivity contribution in [2.45, 2.75) is 25.7 Å². The number of nitrogens with two attached hydrogens (primary N) is 1. The van der Waals surface area contributed by atoms with E-state index in [0.29, 0.717) is 12.0 Å². The molecular formula is C14H20N4O. The molecule has 0 bridgehead atoms. The Bertz CT molecular complexity index is 436. The summed E-state index contributed by atoms with van der Waals surface area (Å²) in [6, 6.07) is 9.63. The van der Waals surface area contributed by atoms with Crippen molar-refractivity contribution in [2.75, 3.05) is 18.5 Å². The number of hydrazine groups is 1. The lowest BCUT2D eigenvalue weighted by atomic mass is 10.1. The molecule has 0 atom stereocenters. The van der Waals surface area contributed by atoms with Crippen LogP contribution >= 0.6 is 0 Å². The summed E-state index contributed by atoms with van der Waals surface area (Å²) < 4.78 is 0. The number of amides is 1. The van der Waals surface area contributed by atoms with Crippen molar-refractivity contribution in [3.8, 4) is 6.07 Å². The molecule has 102 valence electrons. The molecule has 1 rings (SSSR count). The molecule has 1 aromatic carbocycles. The molecule has 0 unspecified atom stereocenters. The second kappa shape index (κ2) is 8.11. The lowest BCUT2D eigenvalue weighted by molar-refractivity contribution is -0.121. The van der Waals surface area contributed by atoms with Gasteiger partial charge in [-0.15, -0.1) is 0 Å². The van der Waals surface area contributed by atoms with E-state index >= 15 is 0 Å². The molecule has 1 aromatic rings. The molecule has 19 heavy (non-hydrogen) atoms. The molecule has 5 nitrogen and oxygen atoms in total. The first kappa shape index (κ1) is 15.0. The van der Waals surface area contributed by atoms with Crippen molar-refractivity contribution in [3.63, 3.8) is 0 Å². The SMILES string of the molecule is CN(CCCCCC(=O)NN)c1ccc(C#N)cc1. The average molecular weight is 260 g/mol. The fraction of sp³-hybridized carbons (Fsp3) is 0.429. The lowest BCUT2D eigenvalue weighted by Crippen LogP contribution is -2.29. The third-order valence-electron chi connectivity index (χ3n) is 3.00. The highest BCUT2D eigenvalue weighted by atomic mass is 16.2. The van der Waals surface area contributed by atoms with E-state index in [-0.39, 0.29) is 5.91 Å². The number of unbranched alkanes of at least 4 members (excludes halogenated alkanes) is 2. The number of benzene rings is 1. The highest BCUT2D eigenvalue weighted by Crippen LogP contribution is 2.14. The van der Waals surface area contributed by atoms with Crippen LogP contribution in [0.5, 0.6) is 0 Å². The van der Waals surface area contributed by atoms with E-state index in [0.717, 1.165) is 31.5 Å². The van der Waals surface area contributed by atoms with E-state index in [1.807, 2.05) is 31.3 Å². The minimum absolute atomic E-state index is 0.111. The molecule has 0 aliphatic rings. The zero-order chi connectivity index (χ0) is 14.1. The molecule has 0 spiro atoms. The Labute approximate surface area is 114 Å². The number of hydrogen-bond donors (Lipinski definition) is 2. The van der Waals surface area contributed by atoms with Gasteiger partial charge in [0.05, 0.1) is 11.6 Å². The molecule has 0 heterocycles. The molecular weight excluding hydrogens is 240 g/mol. The largest absolute Gasteiger partial charge is 0.375 e. The Morgan fingerprint density at radius 2 is 2.00 bits per heavy atom. The van der Waals surface area contributed by atoms with Crippen LogP contribution in [0.15, 0.2) is 24.3 Å². The van der Waals surface area contributed by atoms with Crippen molar-refractivity contribution in [3.05, 3.63) is 29.8 Å². The molecule has 0 aromatic heterocycles. The lowest BCUT2D eigenvalue weighted by Gasteiger charge is -2.19. The van der Waals surface area contributed by atoms with Gasteiger partial charge in [0.15, 0.2) is 0 Å². The number of carbonyl (C=O) groups is 1. The summed E-state index contributed by atoms with van der Waals surface area (Å²) in [6.07, 6.45) is 3.35. The van der Waals surface area contributed by atoms with Crippen LogP contribution in [0, 0.1) is 11.3 Å². The summed E-state index contributed by atoms with van der Waals surface area (Å²) in [6.45, 7) is 0.927. The van der Waals surface area contributed by atoms with Gasteiger partial charge in [0.2, 0.25) is 5.91 Å². The van der Waals surface area contributed by atoms with Gasteiger partial charge in [-0.05, 0) is 37.1 Å². The third kappa shape index (κ3) is 5.40. The second-order valence-electron chi connectivity index (χ2n) is 4.46. The van der Waals surface area contributed by atoms with Crippen LogP contribution in [0.2, 0.25) is 0 Å². The number of rotatable bonds is 7. The van der Waals surface area contributed by atoms with Gasteiger partial charge in [-0.3, -0.25) is 10.2 Å². The van der Waals surface area contributed by atoms with Crippen LogP contribution in [0.4, 0.5) is 5.69 Å². The van der Waals surface area contributed by atoms with Gasteiger partial charge in [-0.25, -0.2) is 5.84 Å². The fourth-order valence-corrected chi connectivity index (χ4v) is 1.80. The molecule has 0 aliphatic heterocycles. The second-order valence-corrected chi connectivity index (χ2v) is 4.46. The fourth-order valence-electron chi connectivity index (χ4n) is 1.80. The normalized spacial score (nSPS) is 9.74. The summed E-state index contributed by atoms with van der Waals surface area (Å²) in [5.74, 6) is 4.89. The van der Waals surface area contributed by atoms with Crippen molar-refractivity contribution in [1.82, 2.24) is 5.43 Å². The highest BCUT2D eigenvalue weighted by Gasteiger charge is 2.02. The van der Waals surface area contributed by atoms with Crippen LogP contribution in [-0.2, 0) is 4.79 Å². The molecule has 1 amide bonds. The van der Waals surface area contributed by atoms with Crippen molar-refractivity contribution in [1.29, 1.82) is 5.26 Å². The van der Waals surface area contributed by atoms with Gasteiger partial charge in [0.1, 0.15) is 0 Å². The Hall–Kier alpha value is -2.06. The standard InChI is InChI=1S/C14H20N4O/c1-18(10-4-2-3-5-14(19)17-16)13-8-6-12(11-15)7-9-13/h6-9H,2-5,10,16H2,1H3,(H,17,19). The van der Waals surface area contributed by atoms with Crippen LogP contribution in [-0.4, -0.2) is 19.5 Å². The van der Waals surface area contributed by atoms with Crippen LogP contribution in [0.25, 0.3) is 0 Å². The summed E-state index contributed by atoms with van der Waals surface area (Å²) in [7, 11) is 2.02. The number of nitrogens with one attached hydrogen (secondary N) is 1. The van der Waals surface area contributed by atoms with Gasteiger partial charge in [0.25, 0.3) is 0 Å². The Morgan fingerprint density at radius 1 is 1.32 bits per heavy atom. The maximum atomic E-state index is 10.9.